The Labute approximate surface area is 116 Å². The minimum atomic E-state index is 0.419. The summed E-state index contributed by atoms with van der Waals surface area (Å²) in [7, 11) is 0. The van der Waals surface area contributed by atoms with Crippen LogP contribution in [0.2, 0.25) is 0 Å². The van der Waals surface area contributed by atoms with Crippen molar-refractivity contribution < 1.29 is 0 Å². The highest BCUT2D eigenvalue weighted by Gasteiger charge is 2.04. The maximum absolute atomic E-state index is 4.38. The minimum absolute atomic E-state index is 0.419. The fraction of sp³-hybridized carbons (Fsp3) is 0.278. The monoisotopic (exact) mass is 251 g/mol. The summed E-state index contributed by atoms with van der Waals surface area (Å²) in [5.74, 6) is 0.419. The summed E-state index contributed by atoms with van der Waals surface area (Å²) in [6.45, 7) is 4.42. The average molecular weight is 251 g/mol. The van der Waals surface area contributed by atoms with Crippen molar-refractivity contribution in [2.24, 2.45) is 0 Å². The summed E-state index contributed by atoms with van der Waals surface area (Å²) in [6.07, 6.45) is 10.8. The third-order valence-corrected chi connectivity index (χ3v) is 3.27. The van der Waals surface area contributed by atoms with Gasteiger partial charge in [-0.25, -0.2) is 0 Å². The molecule has 1 heterocycles. The van der Waals surface area contributed by atoms with E-state index in [1.54, 1.807) is 0 Å². The number of aromatic nitrogens is 1. The Morgan fingerprint density at radius 2 is 1.89 bits per heavy atom. The van der Waals surface area contributed by atoms with Gasteiger partial charge in [-0.05, 0) is 23.6 Å². The van der Waals surface area contributed by atoms with Crippen molar-refractivity contribution in [2.45, 2.75) is 32.6 Å². The Morgan fingerprint density at radius 1 is 1.11 bits per heavy atom. The highest BCUT2D eigenvalue weighted by molar-refractivity contribution is 5.63. The number of allylic oxidation sites excluding steroid dienone is 2. The van der Waals surface area contributed by atoms with Crippen LogP contribution in [0.5, 0.6) is 0 Å². The molecule has 0 fully saturated rings. The number of benzene rings is 1. The van der Waals surface area contributed by atoms with Crippen molar-refractivity contribution in [3.05, 3.63) is 66.5 Å². The van der Waals surface area contributed by atoms with E-state index in [4.69, 9.17) is 0 Å². The van der Waals surface area contributed by atoms with Gasteiger partial charge in [0.1, 0.15) is 0 Å². The number of rotatable bonds is 5. The molecular weight excluding hydrogens is 230 g/mol. The smallest absolute Gasteiger partial charge is 0.0346 e. The van der Waals surface area contributed by atoms with Crippen molar-refractivity contribution in [3.8, 4) is 11.1 Å². The summed E-state index contributed by atoms with van der Waals surface area (Å²) in [4.78, 5) is 4.38. The van der Waals surface area contributed by atoms with Crippen LogP contribution in [0.3, 0.4) is 0 Å². The first-order chi connectivity index (χ1) is 9.31. The van der Waals surface area contributed by atoms with Crippen LogP contribution in [-0.4, -0.2) is 4.98 Å². The molecule has 2 aromatic rings. The number of unbranched alkanes of at least 4 members (excludes halogenated alkanes) is 1. The van der Waals surface area contributed by atoms with Gasteiger partial charge in [0.25, 0.3) is 0 Å². The van der Waals surface area contributed by atoms with Crippen LogP contribution in [0.1, 0.15) is 38.2 Å². The Balaban J connectivity index is 2.20. The lowest BCUT2D eigenvalue weighted by Crippen LogP contribution is -1.92. The molecule has 0 aliphatic heterocycles. The van der Waals surface area contributed by atoms with Gasteiger partial charge in [0.2, 0.25) is 0 Å². The molecule has 1 atom stereocenters. The Bertz CT molecular complexity index is 528. The summed E-state index contributed by atoms with van der Waals surface area (Å²) in [5.41, 5.74) is 3.68. The van der Waals surface area contributed by atoms with Gasteiger partial charge in [-0.15, -0.1) is 0 Å². The van der Waals surface area contributed by atoms with E-state index in [1.165, 1.54) is 23.1 Å². The van der Waals surface area contributed by atoms with E-state index in [9.17, 15) is 0 Å². The molecule has 1 nitrogen and oxygen atoms in total. The third-order valence-electron chi connectivity index (χ3n) is 3.27. The van der Waals surface area contributed by atoms with Crippen molar-refractivity contribution in [3.63, 3.8) is 0 Å². The summed E-state index contributed by atoms with van der Waals surface area (Å²) in [5, 5.41) is 0. The van der Waals surface area contributed by atoms with Gasteiger partial charge in [-0.1, -0.05) is 62.8 Å². The van der Waals surface area contributed by atoms with Gasteiger partial charge < -0.3 is 0 Å². The molecule has 0 amide bonds. The highest BCUT2D eigenvalue weighted by Crippen LogP contribution is 2.23. The number of pyridine rings is 1. The van der Waals surface area contributed by atoms with Crippen molar-refractivity contribution in [2.75, 3.05) is 0 Å². The Hall–Kier alpha value is -1.89. The molecule has 98 valence electrons. The maximum Gasteiger partial charge on any atom is 0.0346 e. The molecule has 1 aromatic heterocycles. The first kappa shape index (κ1) is 13.5. The van der Waals surface area contributed by atoms with Crippen LogP contribution in [0.4, 0.5) is 0 Å². The summed E-state index contributed by atoms with van der Waals surface area (Å²) >= 11 is 0. The lowest BCUT2D eigenvalue weighted by molar-refractivity contribution is 0.913. The van der Waals surface area contributed by atoms with Gasteiger partial charge in [0, 0.05) is 23.9 Å². The van der Waals surface area contributed by atoms with E-state index in [0.717, 1.165) is 6.42 Å². The van der Waals surface area contributed by atoms with Crippen molar-refractivity contribution in [1.82, 2.24) is 4.98 Å². The van der Waals surface area contributed by atoms with E-state index in [0.29, 0.717) is 5.92 Å². The Morgan fingerprint density at radius 3 is 2.63 bits per heavy atom. The zero-order valence-corrected chi connectivity index (χ0v) is 11.7. The third kappa shape index (κ3) is 3.78. The SMILES string of the molecule is CCCC=CC(C)c1cncc(-c2ccccc2)c1. The highest BCUT2D eigenvalue weighted by atomic mass is 14.6. The van der Waals surface area contributed by atoms with Crippen LogP contribution < -0.4 is 0 Å². The standard InChI is InChI=1S/C18H21N/c1-3-4-6-9-15(2)17-12-18(14-19-13-17)16-10-7-5-8-11-16/h5-15H,3-4H2,1-2H3. The Kier molecular flexibility index (Phi) is 4.91. The average Bonchev–Trinajstić information content (AvgIpc) is 2.48. The molecule has 0 aliphatic rings. The fourth-order valence-corrected chi connectivity index (χ4v) is 2.07. The predicted octanol–water partition coefficient (Wildman–Crippen LogP) is 5.21. The molecule has 0 saturated heterocycles. The molecule has 2 rings (SSSR count). The topological polar surface area (TPSA) is 12.9 Å². The summed E-state index contributed by atoms with van der Waals surface area (Å²) in [6, 6.07) is 12.6. The first-order valence-electron chi connectivity index (χ1n) is 6.98. The molecule has 1 unspecified atom stereocenters. The zero-order valence-electron chi connectivity index (χ0n) is 11.7. The largest absolute Gasteiger partial charge is 0.264 e. The second-order valence-electron chi connectivity index (χ2n) is 4.88. The van der Waals surface area contributed by atoms with Gasteiger partial charge in [-0.3, -0.25) is 4.98 Å². The van der Waals surface area contributed by atoms with Crippen LogP contribution in [0.25, 0.3) is 11.1 Å². The minimum Gasteiger partial charge on any atom is -0.264 e. The van der Waals surface area contributed by atoms with Crippen LogP contribution >= 0.6 is 0 Å². The molecule has 0 N–H and O–H groups in total. The quantitative estimate of drug-likeness (QED) is 0.665. The van der Waals surface area contributed by atoms with Crippen LogP contribution in [0.15, 0.2) is 60.9 Å². The van der Waals surface area contributed by atoms with Crippen LogP contribution in [0, 0.1) is 0 Å². The molecule has 1 aromatic carbocycles. The van der Waals surface area contributed by atoms with E-state index < -0.39 is 0 Å². The normalized spacial score (nSPS) is 12.7. The van der Waals surface area contributed by atoms with Gasteiger partial charge in [-0.2, -0.15) is 0 Å². The molecule has 0 radical (unpaired) electrons. The fourth-order valence-electron chi connectivity index (χ4n) is 2.07. The van der Waals surface area contributed by atoms with E-state index in [1.807, 2.05) is 18.5 Å². The van der Waals surface area contributed by atoms with E-state index in [-0.39, 0.29) is 0 Å². The second kappa shape index (κ2) is 6.89. The first-order valence-corrected chi connectivity index (χ1v) is 6.98. The summed E-state index contributed by atoms with van der Waals surface area (Å²) < 4.78 is 0. The van der Waals surface area contributed by atoms with Gasteiger partial charge in [0.15, 0.2) is 0 Å². The van der Waals surface area contributed by atoms with Gasteiger partial charge in [0.05, 0.1) is 0 Å². The zero-order chi connectivity index (χ0) is 13.5. The van der Waals surface area contributed by atoms with Crippen LogP contribution in [-0.2, 0) is 0 Å². The lowest BCUT2D eigenvalue weighted by atomic mass is 9.98. The second-order valence-corrected chi connectivity index (χ2v) is 4.88. The van der Waals surface area contributed by atoms with Crippen molar-refractivity contribution in [1.29, 1.82) is 0 Å². The molecular formula is C18H21N. The maximum atomic E-state index is 4.38. The number of nitrogens with zero attached hydrogens (tertiary/aromatic N) is 1. The molecule has 1 heteroatoms. The molecule has 0 saturated carbocycles. The van der Waals surface area contributed by atoms with Gasteiger partial charge >= 0.3 is 0 Å². The molecule has 0 bridgehead atoms. The molecule has 0 aliphatic carbocycles. The van der Waals surface area contributed by atoms with E-state index >= 15 is 0 Å². The predicted molar refractivity (Wildman–Crippen MR) is 82.1 cm³/mol. The van der Waals surface area contributed by atoms with Crippen molar-refractivity contribution >= 4 is 0 Å². The number of hydrogen-bond donors (Lipinski definition) is 0. The lowest BCUT2D eigenvalue weighted by Gasteiger charge is -2.09. The molecule has 0 spiro atoms. The number of hydrogen-bond acceptors (Lipinski definition) is 1. The molecule has 19 heavy (non-hydrogen) atoms. The van der Waals surface area contributed by atoms with E-state index in [2.05, 4.69) is 61.3 Å².